The first-order valence-electron chi connectivity index (χ1n) is 11.2. The van der Waals surface area contributed by atoms with Crippen molar-refractivity contribution in [1.82, 2.24) is 20.3 Å². The average molecular weight is 543 g/mol. The molecule has 2 amide bonds. The number of imidazole rings is 1. The first-order chi connectivity index (χ1) is 16.8. The molecule has 0 bridgehead atoms. The zero-order valence-electron chi connectivity index (χ0n) is 19.2. The summed E-state index contributed by atoms with van der Waals surface area (Å²) in [5, 5.41) is 21.1. The largest absolute Gasteiger partial charge is 0.478 e. The van der Waals surface area contributed by atoms with Gasteiger partial charge in [0.05, 0.1) is 24.2 Å². The first kappa shape index (κ1) is 26.1. The summed E-state index contributed by atoms with van der Waals surface area (Å²) in [6.45, 7) is 2.40. The van der Waals surface area contributed by atoms with E-state index in [1.54, 1.807) is 35.8 Å². The van der Waals surface area contributed by atoms with Crippen molar-refractivity contribution in [3.05, 3.63) is 87.4 Å². The van der Waals surface area contributed by atoms with E-state index in [4.69, 9.17) is 10.3 Å². The number of aromatic nitrogens is 2. The number of hydrogen-bond acceptors (Lipinski definition) is 5. The first-order valence-corrected chi connectivity index (χ1v) is 12.0. The summed E-state index contributed by atoms with van der Waals surface area (Å²) in [5.74, 6) is -1.33. The van der Waals surface area contributed by atoms with E-state index in [0.717, 1.165) is 24.2 Å². The van der Waals surface area contributed by atoms with Crippen LogP contribution in [0.2, 0.25) is 0 Å². The lowest BCUT2D eigenvalue weighted by Crippen LogP contribution is -2.34. The number of rotatable bonds is 11. The number of carbonyl (C=O) groups excluding carboxylic acids is 2. The van der Waals surface area contributed by atoms with Crippen LogP contribution in [-0.2, 0) is 17.8 Å². The van der Waals surface area contributed by atoms with E-state index in [1.165, 1.54) is 18.3 Å². The maximum atomic E-state index is 13.4. The van der Waals surface area contributed by atoms with Crippen LogP contribution in [-0.4, -0.2) is 37.6 Å². The van der Waals surface area contributed by atoms with E-state index in [1.807, 2.05) is 10.6 Å². The molecule has 9 nitrogen and oxygen atoms in total. The number of amides is 2. The Morgan fingerprint density at radius 3 is 2.46 bits per heavy atom. The molecule has 0 spiro atoms. The highest BCUT2D eigenvalue weighted by molar-refractivity contribution is 9.10. The Hall–Kier alpha value is -3.50. The third-order valence-electron chi connectivity index (χ3n) is 5.57. The molecule has 0 radical (unpaired) electrons. The minimum Gasteiger partial charge on any atom is -0.478 e. The Kier molecular flexibility index (Phi) is 9.16. The number of nitrogens with zero attached hydrogens (tertiary/aromatic N) is 2. The zero-order valence-corrected chi connectivity index (χ0v) is 20.8. The van der Waals surface area contributed by atoms with Crippen molar-refractivity contribution >= 4 is 33.7 Å². The van der Waals surface area contributed by atoms with E-state index in [2.05, 4.69) is 33.2 Å². The molecule has 0 aliphatic carbocycles. The van der Waals surface area contributed by atoms with Gasteiger partial charge in [0, 0.05) is 17.4 Å². The van der Waals surface area contributed by atoms with Crippen LogP contribution in [0.15, 0.2) is 59.2 Å². The molecule has 0 saturated heterocycles. The van der Waals surface area contributed by atoms with E-state index in [0.29, 0.717) is 28.7 Å². The molecule has 1 heterocycles. The molecular weight excluding hydrogens is 516 g/mol. The molecule has 10 heteroatoms. The number of aromatic carboxylic acids is 1. The Bertz CT molecular complexity index is 1190. The van der Waals surface area contributed by atoms with Gasteiger partial charge in [-0.25, -0.2) is 15.3 Å². The number of nitrogens with one attached hydrogen (secondary N) is 2. The van der Waals surface area contributed by atoms with Gasteiger partial charge in [-0.2, -0.15) is 0 Å². The lowest BCUT2D eigenvalue weighted by molar-refractivity contribution is -0.129. The minimum atomic E-state index is -1.01. The van der Waals surface area contributed by atoms with Crippen LogP contribution in [0.3, 0.4) is 0 Å². The molecular formula is C25H27BrN4O5. The molecule has 3 aromatic rings. The van der Waals surface area contributed by atoms with Crippen molar-refractivity contribution in [3.63, 3.8) is 0 Å². The predicted octanol–water partition coefficient (Wildman–Crippen LogP) is 4.10. The summed E-state index contributed by atoms with van der Waals surface area (Å²) in [4.78, 5) is 41.0. The van der Waals surface area contributed by atoms with Gasteiger partial charge in [0.2, 0.25) is 5.91 Å². The second-order valence-electron chi connectivity index (χ2n) is 8.04. The van der Waals surface area contributed by atoms with Crippen LogP contribution >= 0.6 is 15.9 Å². The van der Waals surface area contributed by atoms with Gasteiger partial charge in [-0.3, -0.25) is 14.8 Å². The maximum Gasteiger partial charge on any atom is 0.335 e. The molecule has 1 aromatic heterocycles. The normalized spacial score (nSPS) is 11.6. The van der Waals surface area contributed by atoms with Crippen molar-refractivity contribution in [2.75, 3.05) is 0 Å². The summed E-state index contributed by atoms with van der Waals surface area (Å²) in [7, 11) is 0. The molecule has 1 atom stereocenters. The van der Waals surface area contributed by atoms with E-state index < -0.39 is 23.8 Å². The molecule has 0 fully saturated rings. The number of carbonyl (C=O) groups is 3. The monoisotopic (exact) mass is 542 g/mol. The smallest absolute Gasteiger partial charge is 0.335 e. The number of unbranched alkanes of at least 4 members (excludes halogenated alkanes) is 1. The fraction of sp³-hybridized carbons (Fsp3) is 0.280. The second-order valence-corrected chi connectivity index (χ2v) is 8.89. The molecule has 4 N–H and O–H groups in total. The number of carboxylic acids is 1. The molecule has 0 aliphatic rings. The number of carboxylic acid groups (broad SMARTS) is 1. The quantitative estimate of drug-likeness (QED) is 0.213. The Balaban J connectivity index is 1.92. The van der Waals surface area contributed by atoms with Crippen molar-refractivity contribution in [2.45, 2.75) is 45.2 Å². The van der Waals surface area contributed by atoms with Gasteiger partial charge < -0.3 is 15.0 Å². The van der Waals surface area contributed by atoms with Gasteiger partial charge >= 0.3 is 5.97 Å². The number of aryl methyl sites for hydroxylation is 1. The zero-order chi connectivity index (χ0) is 25.4. The fourth-order valence-corrected chi connectivity index (χ4v) is 4.26. The summed E-state index contributed by atoms with van der Waals surface area (Å²) < 4.78 is 2.52. The highest BCUT2D eigenvalue weighted by Gasteiger charge is 2.24. The lowest BCUT2D eigenvalue weighted by atomic mass is 10.0. The molecule has 0 aliphatic heterocycles. The summed E-state index contributed by atoms with van der Waals surface area (Å²) in [6, 6.07) is 13.0. The van der Waals surface area contributed by atoms with Gasteiger partial charge in [-0.1, -0.05) is 59.6 Å². The van der Waals surface area contributed by atoms with Crippen molar-refractivity contribution in [3.8, 4) is 0 Å². The SMILES string of the molecule is CCCCc1ncc(C(=O)NC(CC(=O)NO)c2ccccc2Br)n1Cc1ccc(C(=O)O)cc1. The summed E-state index contributed by atoms with van der Waals surface area (Å²) >= 11 is 3.46. The van der Waals surface area contributed by atoms with E-state index in [-0.39, 0.29) is 12.0 Å². The van der Waals surface area contributed by atoms with Crippen LogP contribution in [0.4, 0.5) is 0 Å². The highest BCUT2D eigenvalue weighted by Crippen LogP contribution is 2.26. The summed E-state index contributed by atoms with van der Waals surface area (Å²) in [5.41, 5.74) is 3.63. The van der Waals surface area contributed by atoms with Gasteiger partial charge in [0.1, 0.15) is 11.5 Å². The Morgan fingerprint density at radius 2 is 1.83 bits per heavy atom. The minimum absolute atomic E-state index is 0.168. The standard InChI is InChI=1S/C25H27BrN4O5/c1-2-3-8-22-27-14-21(30(22)15-16-9-11-17(12-10-16)25(33)34)24(32)28-20(13-23(31)29-35)18-6-4-5-7-19(18)26/h4-7,9-12,14,20,35H,2-3,8,13,15H2,1H3,(H,28,32)(H,29,31)(H,33,34). The molecule has 35 heavy (non-hydrogen) atoms. The Labute approximate surface area is 211 Å². The van der Waals surface area contributed by atoms with Crippen molar-refractivity contribution < 1.29 is 24.7 Å². The number of halogens is 1. The van der Waals surface area contributed by atoms with E-state index in [9.17, 15) is 14.4 Å². The fourth-order valence-electron chi connectivity index (χ4n) is 3.70. The topological polar surface area (TPSA) is 134 Å². The lowest BCUT2D eigenvalue weighted by Gasteiger charge is -2.20. The van der Waals surface area contributed by atoms with Gasteiger partial charge in [0.25, 0.3) is 5.91 Å². The third-order valence-corrected chi connectivity index (χ3v) is 6.29. The number of benzene rings is 2. The van der Waals surface area contributed by atoms with Gasteiger partial charge in [0.15, 0.2) is 0 Å². The van der Waals surface area contributed by atoms with Gasteiger partial charge in [-0.15, -0.1) is 0 Å². The molecule has 3 rings (SSSR count). The molecule has 1 unspecified atom stereocenters. The van der Waals surface area contributed by atoms with Crippen LogP contribution in [0, 0.1) is 0 Å². The van der Waals surface area contributed by atoms with Crippen LogP contribution in [0.25, 0.3) is 0 Å². The molecule has 2 aromatic carbocycles. The summed E-state index contributed by atoms with van der Waals surface area (Å²) in [6.07, 6.45) is 3.87. The van der Waals surface area contributed by atoms with Crippen LogP contribution < -0.4 is 10.8 Å². The maximum absolute atomic E-state index is 13.4. The van der Waals surface area contributed by atoms with E-state index >= 15 is 0 Å². The molecule has 184 valence electrons. The highest BCUT2D eigenvalue weighted by atomic mass is 79.9. The van der Waals surface area contributed by atoms with Crippen molar-refractivity contribution in [2.24, 2.45) is 0 Å². The van der Waals surface area contributed by atoms with Crippen molar-refractivity contribution in [1.29, 1.82) is 0 Å². The van der Waals surface area contributed by atoms with Gasteiger partial charge in [-0.05, 0) is 35.7 Å². The van der Waals surface area contributed by atoms with Crippen LogP contribution in [0.5, 0.6) is 0 Å². The Morgan fingerprint density at radius 1 is 1.11 bits per heavy atom. The van der Waals surface area contributed by atoms with Crippen LogP contribution in [0.1, 0.15) is 70.0 Å². The molecule has 0 saturated carbocycles. The number of hydrogen-bond donors (Lipinski definition) is 4. The third kappa shape index (κ3) is 6.77. The average Bonchev–Trinajstić information content (AvgIpc) is 3.25. The number of hydroxylamine groups is 1. The predicted molar refractivity (Wildman–Crippen MR) is 132 cm³/mol. The second kappa shape index (κ2) is 12.3.